The minimum atomic E-state index is 0.694. The van der Waals surface area contributed by atoms with Crippen LogP contribution in [0.3, 0.4) is 0 Å². The SMILES string of the molecule is C1=C[C](CC2CCCCCN2)C=CN1. The Morgan fingerprint density at radius 2 is 2.00 bits per heavy atom. The predicted molar refractivity (Wildman–Crippen MR) is 59.5 cm³/mol. The Bertz CT molecular complexity index is 200. The molecule has 1 atom stereocenters. The molecule has 0 aromatic rings. The first kappa shape index (κ1) is 9.78. The molecule has 2 N–H and O–H groups in total. The maximum absolute atomic E-state index is 3.62. The van der Waals surface area contributed by atoms with Crippen LogP contribution in [0.4, 0.5) is 0 Å². The number of dihydropyridines is 1. The minimum Gasteiger partial charge on any atom is -0.368 e. The highest BCUT2D eigenvalue weighted by Gasteiger charge is 2.15. The Labute approximate surface area is 86.5 Å². The third-order valence-electron chi connectivity index (χ3n) is 2.93. The van der Waals surface area contributed by atoms with Crippen molar-refractivity contribution in [1.29, 1.82) is 0 Å². The first-order valence-corrected chi connectivity index (χ1v) is 5.63. The summed E-state index contributed by atoms with van der Waals surface area (Å²) in [5.74, 6) is 1.43. The van der Waals surface area contributed by atoms with E-state index in [0.717, 1.165) is 0 Å². The fourth-order valence-electron chi connectivity index (χ4n) is 2.12. The van der Waals surface area contributed by atoms with Crippen molar-refractivity contribution < 1.29 is 0 Å². The standard InChI is InChI=1S/C12H19N2/c1-2-4-12(14-7-3-1)10-11-5-8-13-9-6-11/h5-6,8-9,12-14H,1-4,7,10H2. The largest absolute Gasteiger partial charge is 0.368 e. The molecule has 2 rings (SSSR count). The molecule has 0 aliphatic carbocycles. The molecule has 1 radical (unpaired) electrons. The summed E-state index contributed by atoms with van der Waals surface area (Å²) in [6, 6.07) is 0.694. The number of hydrogen-bond acceptors (Lipinski definition) is 2. The van der Waals surface area contributed by atoms with Gasteiger partial charge in [0.2, 0.25) is 0 Å². The van der Waals surface area contributed by atoms with Crippen molar-refractivity contribution in [3.63, 3.8) is 0 Å². The Kier molecular flexibility index (Phi) is 3.64. The first-order chi connectivity index (χ1) is 6.95. The van der Waals surface area contributed by atoms with E-state index in [9.17, 15) is 0 Å². The van der Waals surface area contributed by atoms with Crippen molar-refractivity contribution in [2.45, 2.75) is 38.1 Å². The van der Waals surface area contributed by atoms with Gasteiger partial charge in [-0.15, -0.1) is 0 Å². The zero-order chi connectivity index (χ0) is 9.64. The van der Waals surface area contributed by atoms with Crippen LogP contribution in [0.2, 0.25) is 0 Å². The van der Waals surface area contributed by atoms with E-state index in [0.29, 0.717) is 6.04 Å². The summed E-state index contributed by atoms with van der Waals surface area (Å²) >= 11 is 0. The molecule has 0 spiro atoms. The summed E-state index contributed by atoms with van der Waals surface area (Å²) in [6.07, 6.45) is 15.0. The summed E-state index contributed by atoms with van der Waals surface area (Å²) < 4.78 is 0. The van der Waals surface area contributed by atoms with E-state index in [4.69, 9.17) is 0 Å². The monoisotopic (exact) mass is 191 g/mol. The fourth-order valence-corrected chi connectivity index (χ4v) is 2.12. The zero-order valence-corrected chi connectivity index (χ0v) is 8.63. The predicted octanol–water partition coefficient (Wildman–Crippen LogP) is 2.11. The van der Waals surface area contributed by atoms with Gasteiger partial charge in [-0.1, -0.05) is 25.0 Å². The topological polar surface area (TPSA) is 24.1 Å². The molecule has 0 bridgehead atoms. The normalized spacial score (nSPS) is 28.4. The van der Waals surface area contributed by atoms with Gasteiger partial charge in [0.05, 0.1) is 0 Å². The van der Waals surface area contributed by atoms with Gasteiger partial charge in [-0.3, -0.25) is 0 Å². The highest BCUT2D eigenvalue weighted by atomic mass is 14.9. The minimum absolute atomic E-state index is 0.694. The van der Waals surface area contributed by atoms with Crippen molar-refractivity contribution >= 4 is 0 Å². The Morgan fingerprint density at radius 3 is 2.86 bits per heavy atom. The fraction of sp³-hybridized carbons (Fsp3) is 0.583. The molecular formula is C12H19N2. The van der Waals surface area contributed by atoms with Gasteiger partial charge in [0, 0.05) is 12.0 Å². The van der Waals surface area contributed by atoms with Crippen molar-refractivity contribution in [3.05, 3.63) is 30.5 Å². The lowest BCUT2D eigenvalue weighted by molar-refractivity contribution is 0.497. The van der Waals surface area contributed by atoms with E-state index in [2.05, 4.69) is 22.8 Å². The highest BCUT2D eigenvalue weighted by Crippen LogP contribution is 2.19. The molecule has 77 valence electrons. The van der Waals surface area contributed by atoms with E-state index in [1.54, 1.807) is 0 Å². The van der Waals surface area contributed by atoms with Gasteiger partial charge in [0.25, 0.3) is 0 Å². The second-order valence-corrected chi connectivity index (χ2v) is 4.11. The van der Waals surface area contributed by atoms with Crippen LogP contribution in [0.15, 0.2) is 24.6 Å². The maximum atomic E-state index is 3.62. The molecule has 1 unspecified atom stereocenters. The molecule has 0 aromatic carbocycles. The third kappa shape index (κ3) is 2.88. The Balaban J connectivity index is 1.79. The average Bonchev–Trinajstić information content (AvgIpc) is 2.48. The number of rotatable bonds is 2. The van der Waals surface area contributed by atoms with Crippen molar-refractivity contribution in [2.24, 2.45) is 0 Å². The van der Waals surface area contributed by atoms with E-state index in [-0.39, 0.29) is 0 Å². The highest BCUT2D eigenvalue weighted by molar-refractivity contribution is 5.26. The molecule has 2 aliphatic heterocycles. The van der Waals surface area contributed by atoms with Crippen LogP contribution in [0, 0.1) is 5.92 Å². The molecule has 14 heavy (non-hydrogen) atoms. The van der Waals surface area contributed by atoms with Crippen LogP contribution < -0.4 is 10.6 Å². The molecule has 1 saturated heterocycles. The summed E-state index contributed by atoms with van der Waals surface area (Å²) in [5.41, 5.74) is 0. The summed E-state index contributed by atoms with van der Waals surface area (Å²) in [6.45, 7) is 1.20. The second-order valence-electron chi connectivity index (χ2n) is 4.11. The van der Waals surface area contributed by atoms with Crippen molar-refractivity contribution in [1.82, 2.24) is 10.6 Å². The van der Waals surface area contributed by atoms with Crippen molar-refractivity contribution in [3.8, 4) is 0 Å². The molecule has 0 amide bonds. The lowest BCUT2D eigenvalue weighted by Crippen LogP contribution is -2.29. The van der Waals surface area contributed by atoms with Gasteiger partial charge in [0.1, 0.15) is 0 Å². The van der Waals surface area contributed by atoms with E-state index < -0.39 is 0 Å². The summed E-state index contributed by atoms with van der Waals surface area (Å²) in [4.78, 5) is 0. The Hall–Kier alpha value is -0.760. The molecule has 0 aromatic heterocycles. The number of allylic oxidation sites excluding steroid dienone is 2. The van der Waals surface area contributed by atoms with Crippen LogP contribution in [0.1, 0.15) is 32.1 Å². The number of hydrogen-bond donors (Lipinski definition) is 2. The molecular weight excluding hydrogens is 172 g/mol. The first-order valence-electron chi connectivity index (χ1n) is 5.63. The van der Waals surface area contributed by atoms with Gasteiger partial charge in [0.15, 0.2) is 0 Å². The van der Waals surface area contributed by atoms with Crippen LogP contribution >= 0.6 is 0 Å². The summed E-state index contributed by atoms with van der Waals surface area (Å²) in [7, 11) is 0. The van der Waals surface area contributed by atoms with Crippen LogP contribution in [-0.2, 0) is 0 Å². The molecule has 2 nitrogen and oxygen atoms in total. The van der Waals surface area contributed by atoms with E-state index in [1.807, 2.05) is 12.4 Å². The van der Waals surface area contributed by atoms with Crippen LogP contribution in [0.5, 0.6) is 0 Å². The Morgan fingerprint density at radius 1 is 1.14 bits per heavy atom. The van der Waals surface area contributed by atoms with Gasteiger partial charge in [-0.05, 0) is 38.2 Å². The average molecular weight is 191 g/mol. The third-order valence-corrected chi connectivity index (χ3v) is 2.93. The van der Waals surface area contributed by atoms with Gasteiger partial charge in [-0.25, -0.2) is 0 Å². The summed E-state index contributed by atoms with van der Waals surface area (Å²) in [5, 5.41) is 6.68. The molecule has 2 aliphatic rings. The van der Waals surface area contributed by atoms with E-state index in [1.165, 1.54) is 44.6 Å². The molecule has 0 saturated carbocycles. The van der Waals surface area contributed by atoms with Crippen LogP contribution in [-0.4, -0.2) is 12.6 Å². The van der Waals surface area contributed by atoms with Crippen molar-refractivity contribution in [2.75, 3.05) is 6.54 Å². The van der Waals surface area contributed by atoms with Gasteiger partial charge < -0.3 is 10.6 Å². The van der Waals surface area contributed by atoms with E-state index >= 15 is 0 Å². The molecule has 2 heteroatoms. The molecule has 2 heterocycles. The number of nitrogens with one attached hydrogen (secondary N) is 2. The molecule has 1 fully saturated rings. The van der Waals surface area contributed by atoms with Gasteiger partial charge in [-0.2, -0.15) is 0 Å². The lowest BCUT2D eigenvalue weighted by Gasteiger charge is -2.19. The second kappa shape index (κ2) is 5.20. The maximum Gasteiger partial charge on any atom is 0.0238 e. The zero-order valence-electron chi connectivity index (χ0n) is 8.63. The smallest absolute Gasteiger partial charge is 0.0238 e. The quantitative estimate of drug-likeness (QED) is 0.698. The van der Waals surface area contributed by atoms with Crippen LogP contribution in [0.25, 0.3) is 0 Å². The van der Waals surface area contributed by atoms with Gasteiger partial charge >= 0.3 is 0 Å². The lowest BCUT2D eigenvalue weighted by atomic mass is 9.96.